The van der Waals surface area contributed by atoms with Crippen molar-refractivity contribution < 1.29 is 22.4 Å². The summed E-state index contributed by atoms with van der Waals surface area (Å²) in [4.78, 5) is 18.0. The van der Waals surface area contributed by atoms with Gasteiger partial charge >= 0.3 is 12.2 Å². The monoisotopic (exact) mass is 442 g/mol. The SMILES string of the molecule is O=C(Nc1ccc(F)c(Cl)c1)N[C@H]1CC[C@@H]2CN(c3cccc(C(F)(F)F)n3)C[C@@H]21. The number of carbonyl (C=O) groups excluding carboxylic acids is 1. The van der Waals surface area contributed by atoms with E-state index in [1.165, 1.54) is 24.3 Å². The van der Waals surface area contributed by atoms with E-state index in [9.17, 15) is 22.4 Å². The summed E-state index contributed by atoms with van der Waals surface area (Å²) in [6.45, 7) is 1.12. The molecule has 0 spiro atoms. The van der Waals surface area contributed by atoms with Gasteiger partial charge in [-0.3, -0.25) is 0 Å². The van der Waals surface area contributed by atoms with E-state index in [1.807, 2.05) is 4.90 Å². The minimum atomic E-state index is -4.49. The minimum absolute atomic E-state index is 0.0891. The van der Waals surface area contributed by atoms with Crippen LogP contribution in [0.2, 0.25) is 5.02 Å². The molecule has 0 unspecified atom stereocenters. The molecule has 3 atom stereocenters. The quantitative estimate of drug-likeness (QED) is 0.663. The molecule has 0 radical (unpaired) electrons. The van der Waals surface area contributed by atoms with Crippen molar-refractivity contribution in [2.24, 2.45) is 11.8 Å². The molecule has 1 aromatic heterocycles. The lowest BCUT2D eigenvalue weighted by atomic mass is 9.98. The van der Waals surface area contributed by atoms with Crippen LogP contribution in [-0.2, 0) is 6.18 Å². The lowest BCUT2D eigenvalue weighted by Gasteiger charge is -2.23. The highest BCUT2D eigenvalue weighted by atomic mass is 35.5. The molecule has 1 aliphatic carbocycles. The standard InChI is InChI=1S/C20H19ClF4N4O/c21-14-8-12(5-6-15(14)22)26-19(30)27-16-7-4-11-9-29(10-13(11)16)18-3-1-2-17(28-18)20(23,24)25/h1-3,5-6,8,11,13,16H,4,7,9-10H2,(H2,26,27,30)/t11-,13+,16+/m1/s1. The molecule has 1 saturated carbocycles. The first kappa shape index (κ1) is 20.7. The molecule has 0 bridgehead atoms. The summed E-state index contributed by atoms with van der Waals surface area (Å²) in [5.74, 6) is 0.106. The molecule has 2 aromatic rings. The zero-order chi connectivity index (χ0) is 21.5. The minimum Gasteiger partial charge on any atom is -0.356 e. The van der Waals surface area contributed by atoms with E-state index in [1.54, 1.807) is 6.07 Å². The third kappa shape index (κ3) is 4.30. The number of aromatic nitrogens is 1. The molecule has 2 heterocycles. The smallest absolute Gasteiger partial charge is 0.356 e. The maximum atomic E-state index is 13.2. The lowest BCUT2D eigenvalue weighted by Crippen LogP contribution is -2.42. The second kappa shape index (κ2) is 7.94. The normalized spacial score (nSPS) is 23.4. The number of rotatable bonds is 3. The van der Waals surface area contributed by atoms with Crippen LogP contribution in [0, 0.1) is 17.7 Å². The van der Waals surface area contributed by atoms with Crippen molar-refractivity contribution in [2.75, 3.05) is 23.3 Å². The van der Waals surface area contributed by atoms with Gasteiger partial charge in [0.2, 0.25) is 0 Å². The highest BCUT2D eigenvalue weighted by molar-refractivity contribution is 6.31. The largest absolute Gasteiger partial charge is 0.433 e. The molecule has 160 valence electrons. The first-order valence-electron chi connectivity index (χ1n) is 9.52. The molecule has 10 heteroatoms. The van der Waals surface area contributed by atoms with E-state index in [0.717, 1.165) is 18.9 Å². The number of carbonyl (C=O) groups is 1. The summed E-state index contributed by atoms with van der Waals surface area (Å²) in [6.07, 6.45) is -2.83. The van der Waals surface area contributed by atoms with Crippen LogP contribution in [0.3, 0.4) is 0 Å². The number of nitrogens with one attached hydrogen (secondary N) is 2. The van der Waals surface area contributed by atoms with Gasteiger partial charge in [-0.05, 0) is 49.1 Å². The number of pyridine rings is 1. The van der Waals surface area contributed by atoms with Crippen LogP contribution >= 0.6 is 11.6 Å². The Balaban J connectivity index is 1.39. The fourth-order valence-corrected chi connectivity index (χ4v) is 4.48. The zero-order valence-corrected chi connectivity index (χ0v) is 16.5. The van der Waals surface area contributed by atoms with Crippen LogP contribution in [0.1, 0.15) is 18.5 Å². The number of alkyl halides is 3. The highest BCUT2D eigenvalue weighted by Gasteiger charge is 2.44. The zero-order valence-electron chi connectivity index (χ0n) is 15.7. The fourth-order valence-electron chi connectivity index (χ4n) is 4.30. The number of amides is 2. The Morgan fingerprint density at radius 3 is 2.70 bits per heavy atom. The van der Waals surface area contributed by atoms with Crippen LogP contribution in [0.25, 0.3) is 0 Å². The van der Waals surface area contributed by atoms with Crippen LogP contribution in [0.4, 0.5) is 33.9 Å². The summed E-state index contributed by atoms with van der Waals surface area (Å²) in [6, 6.07) is 7.25. The van der Waals surface area contributed by atoms with Crippen molar-refractivity contribution in [3.8, 4) is 0 Å². The molecule has 2 fully saturated rings. The van der Waals surface area contributed by atoms with Gasteiger partial charge in [0.25, 0.3) is 0 Å². The highest BCUT2D eigenvalue weighted by Crippen LogP contribution is 2.40. The molecule has 2 N–H and O–H groups in total. The maximum absolute atomic E-state index is 13.2. The molecule has 1 saturated heterocycles. The summed E-state index contributed by atoms with van der Waals surface area (Å²) in [5.41, 5.74) is -0.543. The average molecular weight is 443 g/mol. The van der Waals surface area contributed by atoms with Gasteiger partial charge in [-0.1, -0.05) is 17.7 Å². The van der Waals surface area contributed by atoms with Crippen LogP contribution in [0.15, 0.2) is 36.4 Å². The molecule has 4 rings (SSSR count). The predicted molar refractivity (Wildman–Crippen MR) is 105 cm³/mol. The third-order valence-electron chi connectivity index (χ3n) is 5.70. The van der Waals surface area contributed by atoms with E-state index in [0.29, 0.717) is 24.6 Å². The molecule has 1 aromatic carbocycles. The van der Waals surface area contributed by atoms with Gasteiger partial charge in [0, 0.05) is 30.7 Å². The summed E-state index contributed by atoms with van der Waals surface area (Å²) < 4.78 is 52.1. The number of nitrogens with zero attached hydrogens (tertiary/aromatic N) is 2. The van der Waals surface area contributed by atoms with Gasteiger partial charge in [0.1, 0.15) is 17.3 Å². The predicted octanol–water partition coefficient (Wildman–Crippen LogP) is 4.93. The first-order valence-corrected chi connectivity index (χ1v) is 9.90. The Kier molecular flexibility index (Phi) is 5.48. The number of urea groups is 1. The van der Waals surface area contributed by atoms with Gasteiger partial charge in [0.15, 0.2) is 0 Å². The molecule has 2 aliphatic rings. The van der Waals surface area contributed by atoms with Gasteiger partial charge in [0.05, 0.1) is 5.02 Å². The van der Waals surface area contributed by atoms with E-state index in [4.69, 9.17) is 11.6 Å². The van der Waals surface area contributed by atoms with Gasteiger partial charge < -0.3 is 15.5 Å². The van der Waals surface area contributed by atoms with Crippen molar-refractivity contribution >= 4 is 29.1 Å². The van der Waals surface area contributed by atoms with Gasteiger partial charge in [-0.15, -0.1) is 0 Å². The summed E-state index contributed by atoms with van der Waals surface area (Å²) in [5, 5.41) is 5.47. The van der Waals surface area contributed by atoms with E-state index < -0.39 is 23.7 Å². The van der Waals surface area contributed by atoms with Gasteiger partial charge in [-0.25, -0.2) is 14.2 Å². The Labute approximate surface area is 175 Å². The van der Waals surface area contributed by atoms with Crippen molar-refractivity contribution in [3.63, 3.8) is 0 Å². The fraction of sp³-hybridized carbons (Fsp3) is 0.400. The molecular formula is C20H19ClF4N4O. The second-order valence-electron chi connectivity index (χ2n) is 7.62. The number of halogens is 5. The van der Waals surface area contributed by atoms with Crippen molar-refractivity contribution in [3.05, 3.63) is 52.9 Å². The van der Waals surface area contributed by atoms with Gasteiger partial charge in [-0.2, -0.15) is 13.2 Å². The van der Waals surface area contributed by atoms with E-state index in [-0.39, 0.29) is 22.9 Å². The summed E-state index contributed by atoms with van der Waals surface area (Å²) in [7, 11) is 0. The van der Waals surface area contributed by atoms with Crippen LogP contribution in [-0.4, -0.2) is 30.1 Å². The van der Waals surface area contributed by atoms with Crippen molar-refractivity contribution in [1.82, 2.24) is 10.3 Å². The average Bonchev–Trinajstić information content (AvgIpc) is 3.26. The maximum Gasteiger partial charge on any atom is 0.433 e. The van der Waals surface area contributed by atoms with Crippen molar-refractivity contribution in [1.29, 1.82) is 0 Å². The number of benzene rings is 1. The molecule has 2 amide bonds. The van der Waals surface area contributed by atoms with E-state index in [2.05, 4.69) is 15.6 Å². The molecule has 30 heavy (non-hydrogen) atoms. The molecular weight excluding hydrogens is 424 g/mol. The van der Waals surface area contributed by atoms with Crippen LogP contribution < -0.4 is 15.5 Å². The topological polar surface area (TPSA) is 57.3 Å². The number of anilines is 2. The molecule has 5 nitrogen and oxygen atoms in total. The third-order valence-corrected chi connectivity index (χ3v) is 5.99. The number of hydrogen-bond donors (Lipinski definition) is 2. The van der Waals surface area contributed by atoms with E-state index >= 15 is 0 Å². The van der Waals surface area contributed by atoms with Crippen molar-refractivity contribution in [2.45, 2.75) is 25.1 Å². The summed E-state index contributed by atoms with van der Waals surface area (Å²) >= 11 is 5.73. The molecule has 1 aliphatic heterocycles. The number of fused-ring (bicyclic) bond motifs is 1. The second-order valence-corrected chi connectivity index (χ2v) is 8.03. The first-order chi connectivity index (χ1) is 14.2. The Morgan fingerprint density at radius 1 is 1.17 bits per heavy atom. The Hall–Kier alpha value is -2.55. The van der Waals surface area contributed by atoms with Crippen LogP contribution in [0.5, 0.6) is 0 Å². The lowest BCUT2D eigenvalue weighted by molar-refractivity contribution is -0.141. The Morgan fingerprint density at radius 2 is 1.97 bits per heavy atom. The number of hydrogen-bond acceptors (Lipinski definition) is 3. The Bertz CT molecular complexity index is 955.